The summed E-state index contributed by atoms with van der Waals surface area (Å²) in [6.07, 6.45) is 0.951. The number of ether oxygens (including phenoxy) is 1. The van der Waals surface area contributed by atoms with Gasteiger partial charge in [0.1, 0.15) is 5.75 Å². The molecule has 1 N–H and O–H groups in total. The molecule has 0 atom stereocenters. The van der Waals surface area contributed by atoms with Crippen LogP contribution in [0.1, 0.15) is 31.1 Å². The Balaban J connectivity index is 1.71. The van der Waals surface area contributed by atoms with E-state index < -0.39 is 0 Å². The maximum atomic E-state index is 5.61. The zero-order valence-electron chi connectivity index (χ0n) is 12.2. The highest BCUT2D eigenvalue weighted by molar-refractivity contribution is 5.27. The minimum Gasteiger partial charge on any atom is -0.491 e. The Labute approximate surface area is 119 Å². The number of rotatable bonds is 7. The van der Waals surface area contributed by atoms with Gasteiger partial charge in [-0.15, -0.1) is 0 Å². The third-order valence-electron chi connectivity index (χ3n) is 2.71. The molecule has 0 spiro atoms. The SMILES string of the molecule is Cc1noc(CCNCc2ccc(OC(C)C)cc2)n1. The van der Waals surface area contributed by atoms with Gasteiger partial charge in [-0.3, -0.25) is 0 Å². The van der Waals surface area contributed by atoms with Crippen molar-refractivity contribution in [3.8, 4) is 5.75 Å². The summed E-state index contributed by atoms with van der Waals surface area (Å²) in [5.41, 5.74) is 1.22. The van der Waals surface area contributed by atoms with E-state index in [1.54, 1.807) is 0 Å². The normalized spacial score (nSPS) is 11.0. The standard InChI is InChI=1S/C15H21N3O2/c1-11(2)19-14-6-4-13(5-7-14)10-16-9-8-15-17-12(3)18-20-15/h4-7,11,16H,8-10H2,1-3H3. The summed E-state index contributed by atoms with van der Waals surface area (Å²) in [5, 5.41) is 7.11. The fraction of sp³-hybridized carbons (Fsp3) is 0.467. The van der Waals surface area contributed by atoms with E-state index in [0.29, 0.717) is 11.7 Å². The van der Waals surface area contributed by atoms with E-state index in [4.69, 9.17) is 9.26 Å². The molecule has 108 valence electrons. The van der Waals surface area contributed by atoms with Crippen molar-refractivity contribution in [3.63, 3.8) is 0 Å². The van der Waals surface area contributed by atoms with Gasteiger partial charge in [0.2, 0.25) is 5.89 Å². The summed E-state index contributed by atoms with van der Waals surface area (Å²) < 4.78 is 10.7. The molecule has 0 amide bonds. The largest absolute Gasteiger partial charge is 0.491 e. The number of hydrogen-bond donors (Lipinski definition) is 1. The van der Waals surface area contributed by atoms with E-state index in [1.165, 1.54) is 5.56 Å². The van der Waals surface area contributed by atoms with E-state index >= 15 is 0 Å². The molecule has 0 aliphatic rings. The molecule has 0 saturated carbocycles. The topological polar surface area (TPSA) is 60.2 Å². The van der Waals surface area contributed by atoms with Crippen LogP contribution in [0.15, 0.2) is 28.8 Å². The molecule has 5 heteroatoms. The molecule has 0 fully saturated rings. The van der Waals surface area contributed by atoms with E-state index in [0.717, 1.165) is 25.3 Å². The van der Waals surface area contributed by atoms with E-state index in [9.17, 15) is 0 Å². The fourth-order valence-corrected chi connectivity index (χ4v) is 1.83. The third kappa shape index (κ3) is 4.66. The van der Waals surface area contributed by atoms with Gasteiger partial charge in [0, 0.05) is 19.5 Å². The van der Waals surface area contributed by atoms with Crippen molar-refractivity contribution in [3.05, 3.63) is 41.5 Å². The molecule has 1 heterocycles. The molecular weight excluding hydrogens is 254 g/mol. The van der Waals surface area contributed by atoms with Crippen LogP contribution in [-0.2, 0) is 13.0 Å². The molecule has 0 aliphatic carbocycles. The van der Waals surface area contributed by atoms with Crippen molar-refractivity contribution in [2.75, 3.05) is 6.54 Å². The average Bonchev–Trinajstić information content (AvgIpc) is 2.82. The minimum absolute atomic E-state index is 0.205. The number of nitrogens with zero attached hydrogens (tertiary/aromatic N) is 2. The van der Waals surface area contributed by atoms with Gasteiger partial charge in [0.05, 0.1) is 6.10 Å². The third-order valence-corrected chi connectivity index (χ3v) is 2.71. The number of nitrogens with one attached hydrogen (secondary N) is 1. The van der Waals surface area contributed by atoms with Gasteiger partial charge in [0.25, 0.3) is 0 Å². The van der Waals surface area contributed by atoms with E-state index in [1.807, 2.05) is 32.9 Å². The zero-order valence-corrected chi connectivity index (χ0v) is 12.2. The van der Waals surface area contributed by atoms with Crippen molar-refractivity contribution >= 4 is 0 Å². The average molecular weight is 275 g/mol. The first-order valence-electron chi connectivity index (χ1n) is 6.89. The number of hydrogen-bond acceptors (Lipinski definition) is 5. The van der Waals surface area contributed by atoms with Crippen LogP contribution in [0, 0.1) is 6.92 Å². The summed E-state index contributed by atoms with van der Waals surface area (Å²) in [6.45, 7) is 7.49. The van der Waals surface area contributed by atoms with Crippen molar-refractivity contribution in [1.82, 2.24) is 15.5 Å². The summed E-state index contributed by atoms with van der Waals surface area (Å²) in [7, 11) is 0. The lowest BCUT2D eigenvalue weighted by molar-refractivity contribution is 0.242. The molecule has 0 saturated heterocycles. The Bertz CT molecular complexity index is 520. The molecule has 0 unspecified atom stereocenters. The fourth-order valence-electron chi connectivity index (χ4n) is 1.83. The Morgan fingerprint density at radius 1 is 1.25 bits per heavy atom. The molecule has 20 heavy (non-hydrogen) atoms. The molecule has 5 nitrogen and oxygen atoms in total. The summed E-state index contributed by atoms with van der Waals surface area (Å²) in [6, 6.07) is 8.14. The lowest BCUT2D eigenvalue weighted by atomic mass is 10.2. The van der Waals surface area contributed by atoms with Gasteiger partial charge in [-0.2, -0.15) is 4.98 Å². The lowest BCUT2D eigenvalue weighted by Gasteiger charge is -2.10. The quantitative estimate of drug-likeness (QED) is 0.787. The second kappa shape index (κ2) is 7.05. The second-order valence-corrected chi connectivity index (χ2v) is 4.97. The Kier molecular flexibility index (Phi) is 5.12. The predicted molar refractivity (Wildman–Crippen MR) is 76.7 cm³/mol. The highest BCUT2D eigenvalue weighted by Gasteiger charge is 2.02. The van der Waals surface area contributed by atoms with Crippen LogP contribution in [0.5, 0.6) is 5.75 Å². The molecular formula is C15H21N3O2. The highest BCUT2D eigenvalue weighted by atomic mass is 16.5. The number of aryl methyl sites for hydroxylation is 1. The van der Waals surface area contributed by atoms with Gasteiger partial charge >= 0.3 is 0 Å². The Morgan fingerprint density at radius 3 is 2.60 bits per heavy atom. The first-order chi connectivity index (χ1) is 9.63. The van der Waals surface area contributed by atoms with Crippen LogP contribution >= 0.6 is 0 Å². The monoisotopic (exact) mass is 275 g/mol. The molecule has 1 aromatic carbocycles. The number of aromatic nitrogens is 2. The highest BCUT2D eigenvalue weighted by Crippen LogP contribution is 2.13. The van der Waals surface area contributed by atoms with Crippen LogP contribution < -0.4 is 10.1 Å². The molecule has 0 aliphatic heterocycles. The van der Waals surface area contributed by atoms with E-state index in [-0.39, 0.29) is 6.10 Å². The van der Waals surface area contributed by atoms with Gasteiger partial charge in [-0.05, 0) is 38.5 Å². The number of benzene rings is 1. The molecule has 1 aromatic heterocycles. The summed E-state index contributed by atoms with van der Waals surface area (Å²) in [5.74, 6) is 2.27. The smallest absolute Gasteiger partial charge is 0.227 e. The predicted octanol–water partition coefficient (Wildman–Crippen LogP) is 2.50. The van der Waals surface area contributed by atoms with Gasteiger partial charge in [-0.1, -0.05) is 17.3 Å². The lowest BCUT2D eigenvalue weighted by Crippen LogP contribution is -2.16. The molecule has 2 aromatic rings. The molecule has 0 bridgehead atoms. The van der Waals surface area contributed by atoms with Crippen LogP contribution in [0.3, 0.4) is 0 Å². The van der Waals surface area contributed by atoms with Crippen molar-refractivity contribution < 1.29 is 9.26 Å². The first kappa shape index (κ1) is 14.5. The van der Waals surface area contributed by atoms with E-state index in [2.05, 4.69) is 27.6 Å². The summed E-state index contributed by atoms with van der Waals surface area (Å²) >= 11 is 0. The van der Waals surface area contributed by atoms with Crippen LogP contribution in [0.2, 0.25) is 0 Å². The maximum absolute atomic E-state index is 5.61. The zero-order chi connectivity index (χ0) is 14.4. The van der Waals surface area contributed by atoms with Crippen LogP contribution in [0.4, 0.5) is 0 Å². The second-order valence-electron chi connectivity index (χ2n) is 4.97. The maximum Gasteiger partial charge on any atom is 0.227 e. The first-order valence-corrected chi connectivity index (χ1v) is 6.89. The van der Waals surface area contributed by atoms with Gasteiger partial charge in [-0.25, -0.2) is 0 Å². The van der Waals surface area contributed by atoms with Crippen molar-refractivity contribution in [2.24, 2.45) is 0 Å². The molecule has 0 radical (unpaired) electrons. The van der Waals surface area contributed by atoms with Gasteiger partial charge in [0.15, 0.2) is 5.82 Å². The molecule has 2 rings (SSSR count). The van der Waals surface area contributed by atoms with Crippen molar-refractivity contribution in [2.45, 2.75) is 39.8 Å². The summed E-state index contributed by atoms with van der Waals surface area (Å²) in [4.78, 5) is 4.16. The minimum atomic E-state index is 0.205. The van der Waals surface area contributed by atoms with Gasteiger partial charge < -0.3 is 14.6 Å². The van der Waals surface area contributed by atoms with Crippen LogP contribution in [-0.4, -0.2) is 22.8 Å². The van der Waals surface area contributed by atoms with Crippen LogP contribution in [0.25, 0.3) is 0 Å². The van der Waals surface area contributed by atoms with Crippen molar-refractivity contribution in [1.29, 1.82) is 0 Å². The Hall–Kier alpha value is -1.88. The Morgan fingerprint density at radius 2 is 2.00 bits per heavy atom.